The van der Waals surface area contributed by atoms with Crippen molar-refractivity contribution >= 4 is 28.9 Å². The van der Waals surface area contributed by atoms with Gasteiger partial charge < -0.3 is 9.84 Å². The molecule has 0 radical (unpaired) electrons. The van der Waals surface area contributed by atoms with Gasteiger partial charge >= 0.3 is 5.97 Å². The third kappa shape index (κ3) is 3.99. The fourth-order valence-electron chi connectivity index (χ4n) is 1.79. The molecule has 3 nitrogen and oxygen atoms in total. The van der Waals surface area contributed by atoms with E-state index in [2.05, 4.69) is 0 Å². The average Bonchev–Trinajstić information content (AvgIpc) is 2.80. The van der Waals surface area contributed by atoms with Gasteiger partial charge in [-0.1, -0.05) is 44.5 Å². The van der Waals surface area contributed by atoms with Gasteiger partial charge in [-0.3, -0.25) is 0 Å². The van der Waals surface area contributed by atoms with E-state index in [9.17, 15) is 9.90 Å². The lowest BCUT2D eigenvalue weighted by molar-refractivity contribution is 0.0697. The average molecular weight is 325 g/mol. The molecule has 0 saturated heterocycles. The topological polar surface area (TPSA) is 46.5 Å². The summed E-state index contributed by atoms with van der Waals surface area (Å²) < 4.78 is 5.69. The number of benzene rings is 1. The second kappa shape index (κ2) is 6.08. The van der Waals surface area contributed by atoms with Gasteiger partial charge in [0.2, 0.25) is 0 Å². The van der Waals surface area contributed by atoms with Gasteiger partial charge in [0.1, 0.15) is 12.4 Å². The molecule has 1 heterocycles. The van der Waals surface area contributed by atoms with Crippen LogP contribution in [0.15, 0.2) is 30.3 Å². The molecular weight excluding hydrogens is 308 g/mol. The van der Waals surface area contributed by atoms with Crippen molar-refractivity contribution in [2.75, 3.05) is 0 Å². The Morgan fingerprint density at radius 1 is 1.33 bits per heavy atom. The normalized spacial score (nSPS) is 11.4. The lowest BCUT2D eigenvalue weighted by atomic mass is 9.95. The van der Waals surface area contributed by atoms with Gasteiger partial charge in [0.25, 0.3) is 0 Å². The van der Waals surface area contributed by atoms with Gasteiger partial charge in [-0.15, -0.1) is 11.3 Å². The predicted octanol–water partition coefficient (Wildman–Crippen LogP) is 4.98. The van der Waals surface area contributed by atoms with Crippen molar-refractivity contribution in [3.8, 4) is 5.75 Å². The summed E-state index contributed by atoms with van der Waals surface area (Å²) in [6.07, 6.45) is 0. The van der Waals surface area contributed by atoms with Crippen LogP contribution in [0, 0.1) is 0 Å². The summed E-state index contributed by atoms with van der Waals surface area (Å²) in [6.45, 7) is 6.43. The lowest BCUT2D eigenvalue weighted by Gasteiger charge is -2.15. The number of carboxylic acid groups (broad SMARTS) is 1. The SMILES string of the molecule is CC(C)(C)c1cc(OCc2cccc(Cl)c2)c(C(=O)O)s1. The fourth-order valence-corrected chi connectivity index (χ4v) is 3.00. The standard InChI is InChI=1S/C16H17ClO3S/c1-16(2,3)13-8-12(14(21-13)15(18)19)20-9-10-5-4-6-11(17)7-10/h4-8H,9H2,1-3H3,(H,18,19). The Labute approximate surface area is 133 Å². The van der Waals surface area contributed by atoms with Gasteiger partial charge in [0.05, 0.1) is 0 Å². The first-order valence-corrected chi connectivity index (χ1v) is 7.71. The number of hydrogen-bond donors (Lipinski definition) is 1. The van der Waals surface area contributed by atoms with Crippen molar-refractivity contribution in [3.63, 3.8) is 0 Å². The summed E-state index contributed by atoms with van der Waals surface area (Å²) in [5.41, 5.74) is 0.800. The first-order valence-electron chi connectivity index (χ1n) is 6.52. The minimum Gasteiger partial charge on any atom is -0.487 e. The first kappa shape index (κ1) is 15.9. The molecule has 0 spiro atoms. The Hall–Kier alpha value is -1.52. The van der Waals surface area contributed by atoms with E-state index >= 15 is 0 Å². The molecule has 5 heteroatoms. The summed E-state index contributed by atoms with van der Waals surface area (Å²) in [7, 11) is 0. The van der Waals surface area contributed by atoms with Gasteiger partial charge in [-0.25, -0.2) is 4.79 Å². The molecule has 112 valence electrons. The summed E-state index contributed by atoms with van der Waals surface area (Å²) in [6, 6.07) is 9.14. The Bertz CT molecular complexity index is 656. The Morgan fingerprint density at radius 2 is 2.05 bits per heavy atom. The molecule has 0 aliphatic carbocycles. The van der Waals surface area contributed by atoms with E-state index in [1.165, 1.54) is 11.3 Å². The lowest BCUT2D eigenvalue weighted by Crippen LogP contribution is -2.08. The highest BCUT2D eigenvalue weighted by Crippen LogP contribution is 2.37. The molecule has 0 aliphatic rings. The molecule has 0 aliphatic heterocycles. The van der Waals surface area contributed by atoms with Crippen LogP contribution in [0.1, 0.15) is 40.9 Å². The Balaban J connectivity index is 2.23. The van der Waals surface area contributed by atoms with Gasteiger partial charge in [-0.2, -0.15) is 0 Å². The molecule has 1 aromatic carbocycles. The number of carbonyl (C=O) groups is 1. The summed E-state index contributed by atoms with van der Waals surface area (Å²) in [5, 5.41) is 9.93. The zero-order valence-electron chi connectivity index (χ0n) is 12.1. The van der Waals surface area contributed by atoms with Crippen LogP contribution in [-0.2, 0) is 12.0 Å². The van der Waals surface area contributed by atoms with Crippen LogP contribution in [0.3, 0.4) is 0 Å². The smallest absolute Gasteiger partial charge is 0.349 e. The molecule has 0 amide bonds. The quantitative estimate of drug-likeness (QED) is 0.863. The van der Waals surface area contributed by atoms with Crippen LogP contribution < -0.4 is 4.74 Å². The number of rotatable bonds is 4. The van der Waals surface area contributed by atoms with Crippen LogP contribution in [0.25, 0.3) is 0 Å². The Kier molecular flexibility index (Phi) is 4.59. The molecule has 0 saturated carbocycles. The molecule has 0 unspecified atom stereocenters. The highest BCUT2D eigenvalue weighted by atomic mass is 35.5. The van der Waals surface area contributed by atoms with Crippen molar-refractivity contribution in [2.24, 2.45) is 0 Å². The summed E-state index contributed by atoms with van der Waals surface area (Å²) in [5.74, 6) is -0.547. The monoisotopic (exact) mass is 324 g/mol. The number of thiophene rings is 1. The fraction of sp³-hybridized carbons (Fsp3) is 0.312. The van der Waals surface area contributed by atoms with E-state index in [0.717, 1.165) is 10.4 Å². The van der Waals surface area contributed by atoms with Gasteiger partial charge in [-0.05, 0) is 29.2 Å². The van der Waals surface area contributed by atoms with Crippen molar-refractivity contribution in [1.29, 1.82) is 0 Å². The Morgan fingerprint density at radius 3 is 2.62 bits per heavy atom. The number of halogens is 1. The maximum atomic E-state index is 11.3. The van der Waals surface area contributed by atoms with E-state index in [1.54, 1.807) is 12.1 Å². The number of ether oxygens (including phenoxy) is 1. The molecule has 2 aromatic rings. The highest BCUT2D eigenvalue weighted by Gasteiger charge is 2.23. The van der Waals surface area contributed by atoms with Crippen LogP contribution >= 0.6 is 22.9 Å². The second-order valence-corrected chi connectivity index (χ2v) is 7.27. The first-order chi connectivity index (χ1) is 9.77. The number of hydrogen-bond acceptors (Lipinski definition) is 3. The largest absolute Gasteiger partial charge is 0.487 e. The van der Waals surface area contributed by atoms with Crippen LogP contribution in [0.5, 0.6) is 5.75 Å². The number of aromatic carboxylic acids is 1. The second-order valence-electron chi connectivity index (χ2n) is 5.78. The van der Waals surface area contributed by atoms with Crippen LogP contribution in [0.4, 0.5) is 0 Å². The van der Waals surface area contributed by atoms with Crippen molar-refractivity contribution in [1.82, 2.24) is 0 Å². The molecule has 21 heavy (non-hydrogen) atoms. The third-order valence-corrected chi connectivity index (χ3v) is 4.68. The zero-order chi connectivity index (χ0) is 15.6. The van der Waals surface area contributed by atoms with Crippen molar-refractivity contribution in [2.45, 2.75) is 32.8 Å². The number of carboxylic acids is 1. The van der Waals surface area contributed by atoms with E-state index in [4.69, 9.17) is 16.3 Å². The maximum Gasteiger partial charge on any atom is 0.349 e. The van der Waals surface area contributed by atoms with Crippen molar-refractivity contribution in [3.05, 3.63) is 50.7 Å². The third-order valence-electron chi connectivity index (χ3n) is 2.91. The van der Waals surface area contributed by atoms with E-state index < -0.39 is 5.97 Å². The zero-order valence-corrected chi connectivity index (χ0v) is 13.7. The van der Waals surface area contributed by atoms with Gasteiger partial charge in [0.15, 0.2) is 4.88 Å². The molecule has 0 bridgehead atoms. The maximum absolute atomic E-state index is 11.3. The van der Waals surface area contributed by atoms with Crippen LogP contribution in [0.2, 0.25) is 5.02 Å². The molecule has 0 fully saturated rings. The highest BCUT2D eigenvalue weighted by molar-refractivity contribution is 7.14. The van der Waals surface area contributed by atoms with E-state index in [0.29, 0.717) is 17.4 Å². The molecule has 1 aromatic heterocycles. The van der Waals surface area contributed by atoms with E-state index in [1.807, 2.05) is 39.0 Å². The molecule has 2 rings (SSSR count). The minimum atomic E-state index is -0.961. The van der Waals surface area contributed by atoms with Crippen LogP contribution in [-0.4, -0.2) is 11.1 Å². The molecule has 1 N–H and O–H groups in total. The molecule has 0 atom stereocenters. The van der Waals surface area contributed by atoms with Gasteiger partial charge in [0, 0.05) is 9.90 Å². The summed E-state index contributed by atoms with van der Waals surface area (Å²) >= 11 is 7.19. The summed E-state index contributed by atoms with van der Waals surface area (Å²) in [4.78, 5) is 12.6. The van der Waals surface area contributed by atoms with Crippen molar-refractivity contribution < 1.29 is 14.6 Å². The van der Waals surface area contributed by atoms with E-state index in [-0.39, 0.29) is 10.3 Å². The minimum absolute atomic E-state index is 0.105. The molecular formula is C16H17ClO3S. The predicted molar refractivity (Wildman–Crippen MR) is 85.8 cm³/mol.